The summed E-state index contributed by atoms with van der Waals surface area (Å²) in [5, 5.41) is 0. The lowest BCUT2D eigenvalue weighted by molar-refractivity contribution is 0.591. The highest BCUT2D eigenvalue weighted by atomic mass is 32.2. The van der Waals surface area contributed by atoms with E-state index >= 15 is 0 Å². The smallest absolute Gasteiger partial charge is 0.214 e. The summed E-state index contributed by atoms with van der Waals surface area (Å²) in [6.45, 7) is 3.27. The Balaban J connectivity index is 3.94. The van der Waals surface area contributed by atoms with Gasteiger partial charge in [0.15, 0.2) is 0 Å². The minimum Gasteiger partial charge on any atom is -0.218 e. The zero-order valence-electron chi connectivity index (χ0n) is 4.72. The fraction of sp³-hybridized carbons (Fsp3) is 0.500. The van der Waals surface area contributed by atoms with Crippen LogP contribution in [0.3, 0.4) is 0 Å². The SMILES string of the molecule is C=CCS(=O)(=O)NC. The molecule has 0 aromatic rings. The van der Waals surface area contributed by atoms with E-state index in [1.54, 1.807) is 0 Å². The second-order valence-electron chi connectivity index (χ2n) is 1.27. The monoisotopic (exact) mass is 135 g/mol. The summed E-state index contributed by atoms with van der Waals surface area (Å²) in [7, 11) is -1.66. The van der Waals surface area contributed by atoms with E-state index in [4.69, 9.17) is 0 Å². The molecule has 3 nitrogen and oxygen atoms in total. The number of rotatable bonds is 3. The highest BCUT2D eigenvalue weighted by Crippen LogP contribution is 1.79. The van der Waals surface area contributed by atoms with Gasteiger partial charge in [-0.2, -0.15) is 0 Å². The molecule has 8 heavy (non-hydrogen) atoms. The van der Waals surface area contributed by atoms with Crippen molar-refractivity contribution in [2.45, 2.75) is 0 Å². The molecule has 0 aliphatic rings. The molecule has 0 saturated carbocycles. The van der Waals surface area contributed by atoms with Gasteiger partial charge in [0.2, 0.25) is 10.0 Å². The fourth-order valence-electron chi connectivity index (χ4n) is 0.238. The lowest BCUT2D eigenvalue weighted by Crippen LogP contribution is -2.20. The van der Waals surface area contributed by atoms with Crippen LogP contribution >= 0.6 is 0 Å². The van der Waals surface area contributed by atoms with E-state index in [0.29, 0.717) is 0 Å². The van der Waals surface area contributed by atoms with Crippen molar-refractivity contribution in [1.29, 1.82) is 0 Å². The van der Waals surface area contributed by atoms with Crippen LogP contribution in [0.5, 0.6) is 0 Å². The van der Waals surface area contributed by atoms with Crippen LogP contribution < -0.4 is 4.72 Å². The Hall–Kier alpha value is -0.350. The number of hydrogen-bond acceptors (Lipinski definition) is 2. The van der Waals surface area contributed by atoms with Gasteiger partial charge in [-0.3, -0.25) is 0 Å². The van der Waals surface area contributed by atoms with Crippen LogP contribution in [0.1, 0.15) is 0 Å². The Morgan fingerprint density at radius 2 is 2.25 bits per heavy atom. The van der Waals surface area contributed by atoms with E-state index in [2.05, 4.69) is 11.3 Å². The summed E-state index contributed by atoms with van der Waals surface area (Å²) < 4.78 is 23.0. The van der Waals surface area contributed by atoms with E-state index in [1.807, 2.05) is 0 Å². The predicted octanol–water partition coefficient (Wildman–Crippen LogP) is -0.278. The van der Waals surface area contributed by atoms with Crippen LogP contribution in [-0.4, -0.2) is 21.2 Å². The highest BCUT2D eigenvalue weighted by molar-refractivity contribution is 7.89. The standard InChI is InChI=1S/C4H9NO2S/c1-3-4-8(6,7)5-2/h3,5H,1,4H2,2H3. The zero-order chi connectivity index (χ0) is 6.62. The van der Waals surface area contributed by atoms with Crippen LogP contribution in [-0.2, 0) is 10.0 Å². The van der Waals surface area contributed by atoms with E-state index < -0.39 is 10.0 Å². The molecular formula is C4H9NO2S. The third-order valence-electron chi connectivity index (χ3n) is 0.648. The minimum absolute atomic E-state index is 0.0104. The van der Waals surface area contributed by atoms with E-state index in [1.165, 1.54) is 13.1 Å². The van der Waals surface area contributed by atoms with Crippen molar-refractivity contribution in [3.8, 4) is 0 Å². The molecule has 0 unspecified atom stereocenters. The molecular weight excluding hydrogens is 126 g/mol. The van der Waals surface area contributed by atoms with Crippen LogP contribution in [0.25, 0.3) is 0 Å². The topological polar surface area (TPSA) is 46.2 Å². The predicted molar refractivity (Wildman–Crippen MR) is 33.0 cm³/mol. The van der Waals surface area contributed by atoms with Crippen LogP contribution in [0.4, 0.5) is 0 Å². The van der Waals surface area contributed by atoms with Gasteiger partial charge < -0.3 is 0 Å². The first-order chi connectivity index (χ1) is 3.62. The Bertz CT molecular complexity index is 159. The summed E-state index contributed by atoms with van der Waals surface area (Å²) >= 11 is 0. The fourth-order valence-corrected chi connectivity index (χ4v) is 0.715. The van der Waals surface area contributed by atoms with Crippen molar-refractivity contribution in [3.05, 3.63) is 12.7 Å². The zero-order valence-corrected chi connectivity index (χ0v) is 5.53. The molecule has 0 aromatic carbocycles. The second kappa shape index (κ2) is 2.84. The molecule has 0 atom stereocenters. The molecule has 0 heterocycles. The Morgan fingerprint density at radius 3 is 2.38 bits per heavy atom. The van der Waals surface area contributed by atoms with E-state index in [-0.39, 0.29) is 5.75 Å². The van der Waals surface area contributed by atoms with Crippen LogP contribution in [0.15, 0.2) is 12.7 Å². The molecule has 0 rings (SSSR count). The summed E-state index contributed by atoms with van der Waals surface area (Å²) in [4.78, 5) is 0. The molecule has 0 bridgehead atoms. The summed E-state index contributed by atoms with van der Waals surface area (Å²) in [6.07, 6.45) is 1.34. The first kappa shape index (κ1) is 7.65. The molecule has 0 aliphatic carbocycles. The third-order valence-corrected chi connectivity index (χ3v) is 1.94. The van der Waals surface area contributed by atoms with Crippen molar-refractivity contribution >= 4 is 10.0 Å². The minimum atomic E-state index is -3.04. The molecule has 0 spiro atoms. The molecule has 0 radical (unpaired) electrons. The molecule has 48 valence electrons. The van der Waals surface area contributed by atoms with Crippen molar-refractivity contribution in [2.24, 2.45) is 0 Å². The highest BCUT2D eigenvalue weighted by Gasteiger charge is 1.99. The first-order valence-corrected chi connectivity index (χ1v) is 3.79. The van der Waals surface area contributed by atoms with Gasteiger partial charge in [0.1, 0.15) is 0 Å². The van der Waals surface area contributed by atoms with Gasteiger partial charge in [-0.05, 0) is 7.05 Å². The molecule has 0 aromatic heterocycles. The maximum Gasteiger partial charge on any atom is 0.214 e. The summed E-state index contributed by atoms with van der Waals surface area (Å²) in [5.41, 5.74) is 0. The van der Waals surface area contributed by atoms with Gasteiger partial charge >= 0.3 is 0 Å². The molecule has 1 N–H and O–H groups in total. The largest absolute Gasteiger partial charge is 0.218 e. The van der Waals surface area contributed by atoms with Crippen molar-refractivity contribution in [1.82, 2.24) is 4.72 Å². The first-order valence-electron chi connectivity index (χ1n) is 2.14. The maximum absolute atomic E-state index is 10.4. The lowest BCUT2D eigenvalue weighted by atomic mass is 10.8. The summed E-state index contributed by atoms with van der Waals surface area (Å²) in [6, 6.07) is 0. The normalized spacial score (nSPS) is 11.1. The van der Waals surface area contributed by atoms with Gasteiger partial charge in [0.25, 0.3) is 0 Å². The third kappa shape index (κ3) is 2.76. The Kier molecular flexibility index (Phi) is 2.71. The van der Waals surface area contributed by atoms with Gasteiger partial charge in [0, 0.05) is 0 Å². The summed E-state index contributed by atoms with van der Waals surface area (Å²) in [5.74, 6) is -0.0104. The second-order valence-corrected chi connectivity index (χ2v) is 3.25. The van der Waals surface area contributed by atoms with Crippen molar-refractivity contribution < 1.29 is 8.42 Å². The molecule has 0 amide bonds. The molecule has 4 heteroatoms. The van der Waals surface area contributed by atoms with Gasteiger partial charge in [0.05, 0.1) is 5.75 Å². The molecule has 0 fully saturated rings. The molecule has 0 aliphatic heterocycles. The molecule has 0 saturated heterocycles. The van der Waals surface area contributed by atoms with Crippen LogP contribution in [0.2, 0.25) is 0 Å². The Labute approximate surface area is 49.5 Å². The number of nitrogens with one attached hydrogen (secondary N) is 1. The maximum atomic E-state index is 10.4. The average Bonchev–Trinajstić information content (AvgIpc) is 1.67. The van der Waals surface area contributed by atoms with Crippen LogP contribution in [0, 0.1) is 0 Å². The quantitative estimate of drug-likeness (QED) is 0.541. The number of hydrogen-bond donors (Lipinski definition) is 1. The Morgan fingerprint density at radius 1 is 1.75 bits per heavy atom. The van der Waals surface area contributed by atoms with Crippen molar-refractivity contribution in [2.75, 3.05) is 12.8 Å². The number of sulfonamides is 1. The van der Waals surface area contributed by atoms with Gasteiger partial charge in [-0.25, -0.2) is 13.1 Å². The van der Waals surface area contributed by atoms with Crippen molar-refractivity contribution in [3.63, 3.8) is 0 Å². The van der Waals surface area contributed by atoms with Gasteiger partial charge in [-0.15, -0.1) is 6.58 Å². The lowest BCUT2D eigenvalue weighted by Gasteiger charge is -1.93. The van der Waals surface area contributed by atoms with Gasteiger partial charge in [-0.1, -0.05) is 6.08 Å². The average molecular weight is 135 g/mol. The van der Waals surface area contributed by atoms with E-state index in [9.17, 15) is 8.42 Å². The van der Waals surface area contributed by atoms with E-state index in [0.717, 1.165) is 0 Å².